The fourth-order valence-electron chi connectivity index (χ4n) is 2.39. The first-order valence-corrected chi connectivity index (χ1v) is 6.95. The van der Waals surface area contributed by atoms with E-state index in [1.807, 2.05) is 31.2 Å². The fourth-order valence-corrected chi connectivity index (χ4v) is 2.78. The molecule has 2 N–H and O–H groups in total. The van der Waals surface area contributed by atoms with E-state index in [1.54, 1.807) is 6.07 Å². The zero-order valence-corrected chi connectivity index (χ0v) is 12.6. The van der Waals surface area contributed by atoms with E-state index in [1.165, 1.54) is 5.56 Å². The predicted octanol–water partition coefficient (Wildman–Crippen LogP) is 4.72. The highest BCUT2D eigenvalue weighted by Crippen LogP contribution is 2.31. The van der Waals surface area contributed by atoms with E-state index in [0.717, 1.165) is 11.1 Å². The molecule has 0 bridgehead atoms. The lowest BCUT2D eigenvalue weighted by molar-refractivity contribution is 0.488. The van der Waals surface area contributed by atoms with Crippen LogP contribution in [0.5, 0.6) is 0 Å². The van der Waals surface area contributed by atoms with Crippen LogP contribution in [-0.4, -0.2) is 0 Å². The SMILES string of the molecule is Cc1ccccc1C(C)(N)Cc1cccc(Cl)c1Cl. The molecule has 0 aliphatic rings. The van der Waals surface area contributed by atoms with Gasteiger partial charge >= 0.3 is 0 Å². The second-order valence-corrected chi connectivity index (χ2v) is 5.91. The molecule has 100 valence electrons. The molecule has 1 unspecified atom stereocenters. The number of benzene rings is 2. The third-order valence-corrected chi connectivity index (χ3v) is 4.21. The molecular weight excluding hydrogens is 277 g/mol. The monoisotopic (exact) mass is 293 g/mol. The smallest absolute Gasteiger partial charge is 0.0625 e. The maximum Gasteiger partial charge on any atom is 0.0625 e. The summed E-state index contributed by atoms with van der Waals surface area (Å²) in [7, 11) is 0. The minimum atomic E-state index is -0.473. The highest BCUT2D eigenvalue weighted by molar-refractivity contribution is 6.42. The van der Waals surface area contributed by atoms with Crippen molar-refractivity contribution in [3.8, 4) is 0 Å². The molecule has 0 fully saturated rings. The molecule has 0 saturated heterocycles. The Morgan fingerprint density at radius 1 is 1.05 bits per heavy atom. The molecule has 0 spiro atoms. The summed E-state index contributed by atoms with van der Waals surface area (Å²) in [5, 5.41) is 1.16. The van der Waals surface area contributed by atoms with Crippen molar-refractivity contribution < 1.29 is 0 Å². The van der Waals surface area contributed by atoms with Gasteiger partial charge in [-0.15, -0.1) is 0 Å². The summed E-state index contributed by atoms with van der Waals surface area (Å²) in [6.07, 6.45) is 0.650. The van der Waals surface area contributed by atoms with E-state index in [0.29, 0.717) is 16.5 Å². The summed E-state index contributed by atoms with van der Waals surface area (Å²) >= 11 is 12.3. The van der Waals surface area contributed by atoms with Gasteiger partial charge in [0.2, 0.25) is 0 Å². The van der Waals surface area contributed by atoms with Crippen LogP contribution in [0.1, 0.15) is 23.6 Å². The lowest BCUT2D eigenvalue weighted by Crippen LogP contribution is -2.36. The molecule has 0 heterocycles. The number of hydrogen-bond donors (Lipinski definition) is 1. The fraction of sp³-hybridized carbons (Fsp3) is 0.250. The minimum Gasteiger partial charge on any atom is -0.321 e. The van der Waals surface area contributed by atoms with Gasteiger partial charge in [0.25, 0.3) is 0 Å². The highest BCUT2D eigenvalue weighted by atomic mass is 35.5. The minimum absolute atomic E-state index is 0.473. The number of aryl methyl sites for hydroxylation is 1. The van der Waals surface area contributed by atoms with Gasteiger partial charge in [-0.1, -0.05) is 59.6 Å². The molecule has 19 heavy (non-hydrogen) atoms. The summed E-state index contributed by atoms with van der Waals surface area (Å²) < 4.78 is 0. The van der Waals surface area contributed by atoms with Gasteiger partial charge in [0.1, 0.15) is 0 Å². The number of halogens is 2. The van der Waals surface area contributed by atoms with Crippen molar-refractivity contribution in [2.24, 2.45) is 5.73 Å². The van der Waals surface area contributed by atoms with E-state index in [4.69, 9.17) is 28.9 Å². The molecular formula is C16H17Cl2N. The van der Waals surface area contributed by atoms with E-state index in [2.05, 4.69) is 19.1 Å². The second kappa shape index (κ2) is 5.54. The highest BCUT2D eigenvalue weighted by Gasteiger charge is 2.24. The van der Waals surface area contributed by atoms with Crippen LogP contribution in [-0.2, 0) is 12.0 Å². The summed E-state index contributed by atoms with van der Waals surface area (Å²) in [5.74, 6) is 0. The normalized spacial score (nSPS) is 14.2. The van der Waals surface area contributed by atoms with Crippen molar-refractivity contribution in [2.45, 2.75) is 25.8 Å². The largest absolute Gasteiger partial charge is 0.321 e. The van der Waals surface area contributed by atoms with Gasteiger partial charge in [-0.2, -0.15) is 0 Å². The molecule has 0 saturated carbocycles. The van der Waals surface area contributed by atoms with E-state index >= 15 is 0 Å². The first-order valence-electron chi connectivity index (χ1n) is 6.20. The predicted molar refractivity (Wildman–Crippen MR) is 82.9 cm³/mol. The lowest BCUT2D eigenvalue weighted by atomic mass is 9.84. The maximum absolute atomic E-state index is 6.49. The Morgan fingerprint density at radius 3 is 2.42 bits per heavy atom. The maximum atomic E-state index is 6.49. The first kappa shape index (κ1) is 14.4. The van der Waals surface area contributed by atoms with Gasteiger partial charge in [-0.3, -0.25) is 0 Å². The Hall–Kier alpha value is -1.02. The molecule has 1 atom stereocenters. The van der Waals surface area contributed by atoms with Crippen molar-refractivity contribution >= 4 is 23.2 Å². The van der Waals surface area contributed by atoms with Crippen molar-refractivity contribution in [1.29, 1.82) is 0 Å². The standard InChI is InChI=1S/C16H17Cl2N/c1-11-6-3-4-8-13(11)16(2,19)10-12-7-5-9-14(17)15(12)18/h3-9H,10,19H2,1-2H3. The summed E-state index contributed by atoms with van der Waals surface area (Å²) in [6, 6.07) is 13.8. The molecule has 0 radical (unpaired) electrons. The molecule has 0 aliphatic carbocycles. The van der Waals surface area contributed by atoms with Crippen LogP contribution >= 0.6 is 23.2 Å². The third-order valence-electron chi connectivity index (χ3n) is 3.35. The van der Waals surface area contributed by atoms with Gasteiger partial charge in [0, 0.05) is 5.54 Å². The summed E-state index contributed by atoms with van der Waals surface area (Å²) in [4.78, 5) is 0. The molecule has 0 amide bonds. The molecule has 2 aromatic rings. The molecule has 2 rings (SSSR count). The Kier molecular flexibility index (Phi) is 4.19. The topological polar surface area (TPSA) is 26.0 Å². The van der Waals surface area contributed by atoms with Crippen molar-refractivity contribution in [1.82, 2.24) is 0 Å². The molecule has 3 heteroatoms. The average Bonchev–Trinajstić information content (AvgIpc) is 2.35. The Morgan fingerprint density at radius 2 is 1.74 bits per heavy atom. The molecule has 0 aliphatic heterocycles. The number of rotatable bonds is 3. The number of hydrogen-bond acceptors (Lipinski definition) is 1. The molecule has 0 aromatic heterocycles. The van der Waals surface area contributed by atoms with Gasteiger partial charge in [-0.05, 0) is 43.0 Å². The van der Waals surface area contributed by atoms with Crippen LogP contribution in [0.15, 0.2) is 42.5 Å². The first-order chi connectivity index (χ1) is 8.92. The van der Waals surface area contributed by atoms with Gasteiger partial charge in [0.15, 0.2) is 0 Å². The summed E-state index contributed by atoms with van der Waals surface area (Å²) in [5.41, 5.74) is 9.31. The van der Waals surface area contributed by atoms with Crippen molar-refractivity contribution in [2.75, 3.05) is 0 Å². The molecule has 2 aromatic carbocycles. The lowest BCUT2D eigenvalue weighted by Gasteiger charge is -2.27. The Bertz CT molecular complexity index is 591. The Balaban J connectivity index is 2.36. The van der Waals surface area contributed by atoms with Crippen LogP contribution in [0.2, 0.25) is 10.0 Å². The van der Waals surface area contributed by atoms with Crippen LogP contribution in [0.4, 0.5) is 0 Å². The van der Waals surface area contributed by atoms with Crippen LogP contribution in [0.25, 0.3) is 0 Å². The van der Waals surface area contributed by atoms with Gasteiger partial charge in [0.05, 0.1) is 10.0 Å². The average molecular weight is 294 g/mol. The van der Waals surface area contributed by atoms with Crippen LogP contribution < -0.4 is 5.73 Å². The van der Waals surface area contributed by atoms with E-state index < -0.39 is 5.54 Å². The second-order valence-electron chi connectivity index (χ2n) is 5.12. The summed E-state index contributed by atoms with van der Waals surface area (Å²) in [6.45, 7) is 4.09. The van der Waals surface area contributed by atoms with Gasteiger partial charge < -0.3 is 5.73 Å². The third kappa shape index (κ3) is 3.11. The molecule has 1 nitrogen and oxygen atoms in total. The quantitative estimate of drug-likeness (QED) is 0.871. The van der Waals surface area contributed by atoms with Crippen molar-refractivity contribution in [3.63, 3.8) is 0 Å². The van der Waals surface area contributed by atoms with Crippen LogP contribution in [0.3, 0.4) is 0 Å². The van der Waals surface area contributed by atoms with Crippen LogP contribution in [0, 0.1) is 6.92 Å². The van der Waals surface area contributed by atoms with E-state index in [-0.39, 0.29) is 0 Å². The zero-order chi connectivity index (χ0) is 14.0. The Labute approximate surface area is 124 Å². The van der Waals surface area contributed by atoms with E-state index in [9.17, 15) is 0 Å². The van der Waals surface area contributed by atoms with Crippen molar-refractivity contribution in [3.05, 3.63) is 69.2 Å². The number of nitrogens with two attached hydrogens (primary N) is 1. The van der Waals surface area contributed by atoms with Gasteiger partial charge in [-0.25, -0.2) is 0 Å². The zero-order valence-electron chi connectivity index (χ0n) is 11.1.